The van der Waals surface area contributed by atoms with E-state index in [0.717, 1.165) is 5.56 Å². The molecule has 1 N–H and O–H groups in total. The van der Waals surface area contributed by atoms with Crippen LogP contribution < -0.4 is 10.1 Å². The molecule has 1 atom stereocenters. The molecule has 9 heteroatoms. The zero-order valence-electron chi connectivity index (χ0n) is 18.2. The summed E-state index contributed by atoms with van der Waals surface area (Å²) in [5.41, 5.74) is 1.53. The second-order valence-corrected chi connectivity index (χ2v) is 9.18. The Morgan fingerprint density at radius 3 is 2.26 bits per heavy atom. The quantitative estimate of drug-likeness (QED) is 0.341. The van der Waals surface area contributed by atoms with Crippen LogP contribution in [0.2, 0.25) is 20.1 Å². The Morgan fingerprint density at radius 1 is 0.912 bits per heavy atom. The molecular formula is C25H22Cl4N2O3. The van der Waals surface area contributed by atoms with Gasteiger partial charge in [-0.05, 0) is 54.4 Å². The van der Waals surface area contributed by atoms with Crippen molar-refractivity contribution in [3.05, 3.63) is 97.9 Å². The molecule has 3 aromatic rings. The number of ether oxygens (including phenoxy) is 1. The van der Waals surface area contributed by atoms with Crippen LogP contribution in [0.3, 0.4) is 0 Å². The lowest BCUT2D eigenvalue weighted by atomic mass is 10.1. The number of carbonyl (C=O) groups is 2. The van der Waals surface area contributed by atoms with Gasteiger partial charge in [-0.25, -0.2) is 0 Å². The lowest BCUT2D eigenvalue weighted by Crippen LogP contribution is -2.48. The van der Waals surface area contributed by atoms with Crippen molar-refractivity contribution < 1.29 is 14.3 Å². The molecule has 0 heterocycles. The average Bonchev–Trinajstić information content (AvgIpc) is 2.82. The molecule has 0 aromatic heterocycles. The molecule has 3 rings (SSSR count). The Kier molecular flexibility index (Phi) is 9.48. The largest absolute Gasteiger partial charge is 0.482 e. The van der Waals surface area contributed by atoms with Gasteiger partial charge in [0.2, 0.25) is 5.91 Å². The van der Waals surface area contributed by atoms with E-state index in [9.17, 15) is 9.59 Å². The maximum absolute atomic E-state index is 13.1. The van der Waals surface area contributed by atoms with E-state index in [-0.39, 0.29) is 31.5 Å². The van der Waals surface area contributed by atoms with Crippen molar-refractivity contribution >= 4 is 58.2 Å². The number of amides is 2. The number of benzene rings is 3. The molecule has 0 saturated heterocycles. The molecule has 0 aliphatic rings. The molecule has 34 heavy (non-hydrogen) atoms. The Labute approximate surface area is 218 Å². The van der Waals surface area contributed by atoms with Crippen molar-refractivity contribution in [1.29, 1.82) is 0 Å². The van der Waals surface area contributed by atoms with Gasteiger partial charge < -0.3 is 15.0 Å². The second-order valence-electron chi connectivity index (χ2n) is 7.50. The first kappa shape index (κ1) is 26.2. The van der Waals surface area contributed by atoms with Crippen molar-refractivity contribution in [2.45, 2.75) is 26.1 Å². The molecule has 0 bridgehead atoms. The standard InChI is InChI=1S/C25H22Cl4N2O3/c1-16(25(33)30-13-18-8-11-20(27)12-22(18)29)31(14-17-6-9-19(26)10-7-17)24(32)15-34-23-5-3-2-4-21(23)28/h2-12,16H,13-15H2,1H3,(H,30,33)/t16-/m1/s1. The molecule has 0 saturated carbocycles. The van der Waals surface area contributed by atoms with Gasteiger partial charge in [-0.3, -0.25) is 9.59 Å². The van der Waals surface area contributed by atoms with Crippen LogP contribution >= 0.6 is 46.4 Å². The minimum atomic E-state index is -0.788. The van der Waals surface area contributed by atoms with Gasteiger partial charge in [-0.15, -0.1) is 0 Å². The smallest absolute Gasteiger partial charge is 0.261 e. The third kappa shape index (κ3) is 7.28. The normalized spacial score (nSPS) is 11.6. The number of halogens is 4. The highest BCUT2D eigenvalue weighted by molar-refractivity contribution is 6.35. The average molecular weight is 540 g/mol. The Bertz CT molecular complexity index is 1160. The first-order chi connectivity index (χ1) is 16.2. The predicted octanol–water partition coefficient (Wildman–Crippen LogP) is 6.41. The third-order valence-electron chi connectivity index (χ3n) is 5.09. The van der Waals surface area contributed by atoms with E-state index in [1.807, 2.05) is 0 Å². The summed E-state index contributed by atoms with van der Waals surface area (Å²) in [6.45, 7) is 1.76. The molecule has 0 aliphatic carbocycles. The monoisotopic (exact) mass is 538 g/mol. The zero-order valence-corrected chi connectivity index (χ0v) is 21.3. The molecule has 2 amide bonds. The molecule has 0 aliphatic heterocycles. The third-order valence-corrected chi connectivity index (χ3v) is 6.24. The van der Waals surface area contributed by atoms with E-state index in [2.05, 4.69) is 5.32 Å². The number of nitrogens with one attached hydrogen (secondary N) is 1. The van der Waals surface area contributed by atoms with Gasteiger partial charge in [0.05, 0.1) is 5.02 Å². The maximum atomic E-state index is 13.1. The summed E-state index contributed by atoms with van der Waals surface area (Å²) >= 11 is 24.2. The van der Waals surface area contributed by atoms with E-state index in [4.69, 9.17) is 51.1 Å². The topological polar surface area (TPSA) is 58.6 Å². The first-order valence-electron chi connectivity index (χ1n) is 10.4. The molecule has 0 unspecified atom stereocenters. The van der Waals surface area contributed by atoms with E-state index in [0.29, 0.717) is 31.4 Å². The fraction of sp³-hybridized carbons (Fsp3) is 0.200. The molecule has 3 aromatic carbocycles. The molecule has 178 valence electrons. The van der Waals surface area contributed by atoms with E-state index in [1.165, 1.54) is 4.90 Å². The van der Waals surface area contributed by atoms with Gasteiger partial charge >= 0.3 is 0 Å². The SMILES string of the molecule is C[C@H](C(=O)NCc1ccc(Cl)cc1Cl)N(Cc1ccc(Cl)cc1)C(=O)COc1ccccc1Cl. The van der Waals surface area contributed by atoms with Crippen LogP contribution in [0.4, 0.5) is 0 Å². The minimum absolute atomic E-state index is 0.193. The van der Waals surface area contributed by atoms with Gasteiger partial charge in [0.15, 0.2) is 6.61 Å². The van der Waals surface area contributed by atoms with E-state index in [1.54, 1.807) is 73.7 Å². The van der Waals surface area contributed by atoms with Gasteiger partial charge in [0.25, 0.3) is 5.91 Å². The summed E-state index contributed by atoms with van der Waals surface area (Å²) in [4.78, 5) is 27.5. The van der Waals surface area contributed by atoms with Crippen LogP contribution in [-0.2, 0) is 22.7 Å². The van der Waals surface area contributed by atoms with Crippen molar-refractivity contribution in [2.24, 2.45) is 0 Å². The van der Waals surface area contributed by atoms with Crippen LogP contribution in [-0.4, -0.2) is 29.4 Å². The highest BCUT2D eigenvalue weighted by atomic mass is 35.5. The van der Waals surface area contributed by atoms with Crippen LogP contribution in [0.1, 0.15) is 18.1 Å². The minimum Gasteiger partial charge on any atom is -0.482 e. The van der Waals surface area contributed by atoms with Crippen LogP contribution in [0, 0.1) is 0 Å². The predicted molar refractivity (Wildman–Crippen MR) is 137 cm³/mol. The van der Waals surface area contributed by atoms with Gasteiger partial charge in [0, 0.05) is 28.2 Å². The number of rotatable bonds is 9. The maximum Gasteiger partial charge on any atom is 0.261 e. The van der Waals surface area contributed by atoms with Crippen LogP contribution in [0.15, 0.2) is 66.7 Å². The van der Waals surface area contributed by atoms with Gasteiger partial charge in [-0.2, -0.15) is 0 Å². The Hall–Kier alpha value is -2.44. The summed E-state index contributed by atoms with van der Waals surface area (Å²) in [6.07, 6.45) is 0. The second kappa shape index (κ2) is 12.3. The number of para-hydroxylation sites is 1. The summed E-state index contributed by atoms with van der Waals surface area (Å²) in [5, 5.41) is 4.75. The molecular weight excluding hydrogens is 518 g/mol. The van der Waals surface area contributed by atoms with E-state index < -0.39 is 6.04 Å². The van der Waals surface area contributed by atoms with Crippen molar-refractivity contribution in [1.82, 2.24) is 10.2 Å². The van der Waals surface area contributed by atoms with Gasteiger partial charge in [0.1, 0.15) is 11.8 Å². The fourth-order valence-corrected chi connectivity index (χ4v) is 3.94. The Balaban J connectivity index is 1.72. The first-order valence-corrected chi connectivity index (χ1v) is 11.9. The molecule has 0 radical (unpaired) electrons. The molecule has 0 fully saturated rings. The highest BCUT2D eigenvalue weighted by Gasteiger charge is 2.26. The van der Waals surface area contributed by atoms with Crippen molar-refractivity contribution in [2.75, 3.05) is 6.61 Å². The van der Waals surface area contributed by atoms with Gasteiger partial charge in [-0.1, -0.05) is 76.7 Å². The number of nitrogens with zero attached hydrogens (tertiary/aromatic N) is 1. The Morgan fingerprint density at radius 2 is 1.59 bits per heavy atom. The lowest BCUT2D eigenvalue weighted by molar-refractivity contribution is -0.142. The van der Waals surface area contributed by atoms with Crippen LogP contribution in [0.25, 0.3) is 0 Å². The summed E-state index contributed by atoms with van der Waals surface area (Å²) in [6, 6.07) is 18.2. The highest BCUT2D eigenvalue weighted by Crippen LogP contribution is 2.24. The lowest BCUT2D eigenvalue weighted by Gasteiger charge is -2.29. The number of hydrogen-bond donors (Lipinski definition) is 1. The zero-order chi connectivity index (χ0) is 24.7. The fourth-order valence-electron chi connectivity index (χ4n) is 3.15. The summed E-state index contributed by atoms with van der Waals surface area (Å²) in [5.74, 6) is -0.327. The molecule has 0 spiro atoms. The number of carbonyl (C=O) groups excluding carboxylic acids is 2. The van der Waals surface area contributed by atoms with Crippen molar-refractivity contribution in [3.8, 4) is 5.75 Å². The summed E-state index contributed by atoms with van der Waals surface area (Å²) in [7, 11) is 0. The number of hydrogen-bond acceptors (Lipinski definition) is 3. The molecule has 5 nitrogen and oxygen atoms in total. The van der Waals surface area contributed by atoms with Crippen LogP contribution in [0.5, 0.6) is 5.75 Å². The van der Waals surface area contributed by atoms with Crippen molar-refractivity contribution in [3.63, 3.8) is 0 Å². The summed E-state index contributed by atoms with van der Waals surface area (Å²) < 4.78 is 5.62. The van der Waals surface area contributed by atoms with E-state index >= 15 is 0 Å².